The molecule has 13 heteroatoms. The summed E-state index contributed by atoms with van der Waals surface area (Å²) in [7, 11) is 5.37. The molecule has 0 aromatic rings. The molecule has 4 aliphatic rings. The number of carbonyl (C=O) groups excluding carboxylic acids is 1. The van der Waals surface area contributed by atoms with Crippen LogP contribution in [0, 0.1) is 23.7 Å². The van der Waals surface area contributed by atoms with Crippen molar-refractivity contribution >= 4 is 5.97 Å². The number of carbonyl (C=O) groups is 1. The van der Waals surface area contributed by atoms with Crippen LogP contribution in [0.15, 0.2) is 0 Å². The SMILES string of the molecule is CC[C@@H](O)[C@@](C)(O)[C@@H]1OC(=O)[C@H](C)[C@H](OC2CC(C)(OC)C(O)C(C)O2)[C@H](C)[C@@H](OC2OC(C)CC(N(C)C)C2O)[C@]2(C)CC(C)C(O2)[C@@H]1C. The molecule has 19 atom stereocenters. The number of esters is 1. The van der Waals surface area contributed by atoms with Crippen LogP contribution < -0.4 is 0 Å². The van der Waals surface area contributed by atoms with Gasteiger partial charge in [-0.3, -0.25) is 4.79 Å². The van der Waals surface area contributed by atoms with Crippen LogP contribution in [0.4, 0.5) is 0 Å². The standard InChI is InChI=1S/C37H67NO12/c1-14-25(39)37(10,43)32-20(4)28-18(2)16-36(9,50-28)31(49-34-27(40)24(38(11)12)15-19(3)45-34)21(5)29(22(6)33(42)48-32)47-26-17-35(8,44-13)30(41)23(7)46-26/h18-32,34,39-41,43H,14-17H2,1-13H3/t18?,19?,20-,21-,22+,23?,24?,25+,26?,27?,28?,29+,30?,31+,32+,34?,35?,36-,37+/m0/s1. The maximum atomic E-state index is 14.3. The zero-order chi connectivity index (χ0) is 37.7. The highest BCUT2D eigenvalue weighted by Gasteiger charge is 2.59. The number of methoxy groups -OCH3 is 1. The number of aliphatic hydroxyl groups excluding tert-OH is 3. The Hall–Kier alpha value is -0.970. The number of nitrogens with zero attached hydrogens (tertiary/aromatic N) is 1. The van der Waals surface area contributed by atoms with Gasteiger partial charge in [-0.2, -0.15) is 0 Å². The lowest BCUT2D eigenvalue weighted by Gasteiger charge is -2.48. The Morgan fingerprint density at radius 3 is 2.24 bits per heavy atom. The van der Waals surface area contributed by atoms with Crippen molar-refractivity contribution in [2.45, 2.75) is 185 Å². The molecule has 4 saturated heterocycles. The van der Waals surface area contributed by atoms with E-state index < -0.39 is 102 Å². The van der Waals surface area contributed by atoms with E-state index in [4.69, 9.17) is 33.2 Å². The summed E-state index contributed by atoms with van der Waals surface area (Å²) in [6.45, 7) is 18.3. The third kappa shape index (κ3) is 8.08. The molecule has 4 heterocycles. The molecule has 0 amide bonds. The van der Waals surface area contributed by atoms with Crippen molar-refractivity contribution in [2.24, 2.45) is 23.7 Å². The third-order valence-corrected chi connectivity index (χ3v) is 12.4. The molecule has 0 aliphatic carbocycles. The summed E-state index contributed by atoms with van der Waals surface area (Å²) in [6.07, 6.45) is -7.36. The van der Waals surface area contributed by atoms with Crippen LogP contribution in [0.25, 0.3) is 0 Å². The van der Waals surface area contributed by atoms with E-state index >= 15 is 0 Å². The Labute approximate surface area is 299 Å². The summed E-state index contributed by atoms with van der Waals surface area (Å²) in [6, 6.07) is -0.213. The molecule has 13 nitrogen and oxygen atoms in total. The first-order valence-corrected chi connectivity index (χ1v) is 18.6. The normalized spacial score (nSPS) is 49.6. The Morgan fingerprint density at radius 2 is 1.66 bits per heavy atom. The molecule has 4 rings (SSSR count). The molecular weight excluding hydrogens is 650 g/mol. The van der Waals surface area contributed by atoms with Gasteiger partial charge in [0.1, 0.15) is 23.9 Å². The second-order valence-electron chi connectivity index (χ2n) is 16.8. The highest BCUT2D eigenvalue weighted by Crippen LogP contribution is 2.48. The first-order chi connectivity index (χ1) is 23.1. The molecule has 4 fully saturated rings. The van der Waals surface area contributed by atoms with Gasteiger partial charge in [-0.1, -0.05) is 27.7 Å². The van der Waals surface area contributed by atoms with E-state index in [1.54, 1.807) is 27.7 Å². The number of ether oxygens (including phenoxy) is 7. The van der Waals surface area contributed by atoms with Crippen LogP contribution in [0.1, 0.15) is 94.9 Å². The maximum absolute atomic E-state index is 14.3. The van der Waals surface area contributed by atoms with Crippen LogP contribution in [-0.2, 0) is 38.0 Å². The van der Waals surface area contributed by atoms with Crippen molar-refractivity contribution in [3.05, 3.63) is 0 Å². The van der Waals surface area contributed by atoms with E-state index in [1.807, 2.05) is 46.7 Å². The molecule has 0 spiro atoms. The van der Waals surface area contributed by atoms with Gasteiger partial charge < -0.3 is 58.5 Å². The van der Waals surface area contributed by atoms with Crippen molar-refractivity contribution in [1.29, 1.82) is 0 Å². The van der Waals surface area contributed by atoms with Crippen molar-refractivity contribution in [3.8, 4) is 0 Å². The third-order valence-electron chi connectivity index (χ3n) is 12.4. The minimum Gasteiger partial charge on any atom is -0.459 e. The number of cyclic esters (lactones) is 1. The molecule has 0 aromatic heterocycles. The molecule has 292 valence electrons. The molecule has 4 aliphatic heterocycles. The smallest absolute Gasteiger partial charge is 0.311 e. The molecule has 0 aromatic carbocycles. The van der Waals surface area contributed by atoms with Crippen molar-refractivity contribution < 1.29 is 58.4 Å². The minimum absolute atomic E-state index is 0.0580. The lowest BCUT2D eigenvalue weighted by molar-refractivity contribution is -0.318. The number of hydrogen-bond donors (Lipinski definition) is 4. The van der Waals surface area contributed by atoms with Crippen molar-refractivity contribution in [3.63, 3.8) is 0 Å². The Kier molecular flexibility index (Phi) is 13.2. The number of hydrogen-bond acceptors (Lipinski definition) is 13. The fraction of sp³-hybridized carbons (Fsp3) is 0.973. The van der Waals surface area contributed by atoms with Crippen molar-refractivity contribution in [1.82, 2.24) is 4.90 Å². The zero-order valence-corrected chi connectivity index (χ0v) is 32.6. The Bertz CT molecular complexity index is 1140. The zero-order valence-electron chi connectivity index (χ0n) is 32.6. The van der Waals surface area contributed by atoms with Crippen LogP contribution in [0.3, 0.4) is 0 Å². The van der Waals surface area contributed by atoms with Gasteiger partial charge in [0.2, 0.25) is 0 Å². The van der Waals surface area contributed by atoms with Gasteiger partial charge in [0.25, 0.3) is 0 Å². The predicted octanol–water partition coefficient (Wildman–Crippen LogP) is 2.62. The van der Waals surface area contributed by atoms with Gasteiger partial charge >= 0.3 is 5.97 Å². The van der Waals surface area contributed by atoms with Crippen LogP contribution >= 0.6 is 0 Å². The summed E-state index contributed by atoms with van der Waals surface area (Å²) in [5.41, 5.74) is -3.72. The first kappa shape index (κ1) is 41.8. The van der Waals surface area contributed by atoms with Gasteiger partial charge in [0.05, 0.1) is 53.7 Å². The van der Waals surface area contributed by atoms with E-state index in [0.29, 0.717) is 12.8 Å². The molecule has 2 bridgehead atoms. The summed E-state index contributed by atoms with van der Waals surface area (Å²) in [5, 5.41) is 45.2. The van der Waals surface area contributed by atoms with E-state index in [1.165, 1.54) is 14.0 Å². The molecule has 0 saturated carbocycles. The Morgan fingerprint density at radius 1 is 1.02 bits per heavy atom. The Balaban J connectivity index is 1.82. The summed E-state index contributed by atoms with van der Waals surface area (Å²) in [4.78, 5) is 16.3. The van der Waals surface area contributed by atoms with Gasteiger partial charge in [-0.05, 0) is 80.8 Å². The second kappa shape index (κ2) is 15.8. The van der Waals surface area contributed by atoms with Gasteiger partial charge in [0, 0.05) is 31.4 Å². The minimum atomic E-state index is -1.78. The van der Waals surface area contributed by atoms with E-state index in [2.05, 4.69) is 6.92 Å². The average molecular weight is 718 g/mol. The van der Waals surface area contributed by atoms with Gasteiger partial charge in [0.15, 0.2) is 12.6 Å². The predicted molar refractivity (Wildman–Crippen MR) is 184 cm³/mol. The molecule has 10 unspecified atom stereocenters. The topological polar surface area (TPSA) is 166 Å². The highest BCUT2D eigenvalue weighted by atomic mass is 16.7. The van der Waals surface area contributed by atoms with E-state index in [-0.39, 0.29) is 30.9 Å². The fourth-order valence-electron chi connectivity index (χ4n) is 9.20. The summed E-state index contributed by atoms with van der Waals surface area (Å²) >= 11 is 0. The molecule has 50 heavy (non-hydrogen) atoms. The van der Waals surface area contributed by atoms with Crippen LogP contribution in [0.5, 0.6) is 0 Å². The van der Waals surface area contributed by atoms with Crippen LogP contribution in [-0.4, -0.2) is 143 Å². The molecule has 0 radical (unpaired) electrons. The van der Waals surface area contributed by atoms with Crippen LogP contribution in [0.2, 0.25) is 0 Å². The first-order valence-electron chi connectivity index (χ1n) is 18.6. The largest absolute Gasteiger partial charge is 0.459 e. The summed E-state index contributed by atoms with van der Waals surface area (Å²) < 4.78 is 45.1. The number of fused-ring (bicyclic) bond motifs is 2. The quantitative estimate of drug-likeness (QED) is 0.258. The number of aliphatic hydroxyl groups is 4. The number of likely N-dealkylation sites (N-methyl/N-ethyl adjacent to an activating group) is 1. The number of rotatable bonds is 9. The highest BCUT2D eigenvalue weighted by molar-refractivity contribution is 5.73. The van der Waals surface area contributed by atoms with Crippen molar-refractivity contribution in [2.75, 3.05) is 21.2 Å². The van der Waals surface area contributed by atoms with E-state index in [9.17, 15) is 25.2 Å². The van der Waals surface area contributed by atoms with E-state index in [0.717, 1.165) is 0 Å². The maximum Gasteiger partial charge on any atom is 0.311 e. The second-order valence-corrected chi connectivity index (χ2v) is 16.8. The molecular formula is C37H67NO12. The fourth-order valence-corrected chi connectivity index (χ4v) is 9.20. The molecule has 4 N–H and O–H groups in total. The van der Waals surface area contributed by atoms with Gasteiger partial charge in [-0.25, -0.2) is 0 Å². The lowest BCUT2D eigenvalue weighted by atomic mass is 9.76. The average Bonchev–Trinajstić information content (AvgIpc) is 3.36. The summed E-state index contributed by atoms with van der Waals surface area (Å²) in [5.74, 6) is -2.67. The monoisotopic (exact) mass is 717 g/mol. The lowest BCUT2D eigenvalue weighted by Crippen LogP contribution is -2.60. The van der Waals surface area contributed by atoms with Gasteiger partial charge in [-0.15, -0.1) is 0 Å².